The normalized spacial score (nSPS) is 11.9. The topological polar surface area (TPSA) is 87.1 Å². The maximum Gasteiger partial charge on any atom is 0.251 e. The van der Waals surface area contributed by atoms with Gasteiger partial charge in [-0.2, -0.15) is 0 Å². The third kappa shape index (κ3) is 5.52. The number of nitrogens with one attached hydrogen (secondary N) is 2. The van der Waals surface area contributed by atoms with E-state index < -0.39 is 11.9 Å². The zero-order valence-corrected chi connectivity index (χ0v) is 17.3. The molecule has 0 fully saturated rings. The van der Waals surface area contributed by atoms with Crippen molar-refractivity contribution in [1.29, 1.82) is 0 Å². The number of carbonyl (C=O) groups excluding carboxylic acids is 1. The number of hydrogen-bond acceptors (Lipinski definition) is 5. The third-order valence-electron chi connectivity index (χ3n) is 4.27. The molecule has 0 saturated heterocycles. The largest absolute Gasteiger partial charge is 0.387 e. The first-order valence-corrected chi connectivity index (χ1v) is 9.82. The van der Waals surface area contributed by atoms with Crippen LogP contribution in [0.15, 0.2) is 54.7 Å². The number of rotatable bonds is 7. The fourth-order valence-corrected chi connectivity index (χ4v) is 3.00. The van der Waals surface area contributed by atoms with Crippen molar-refractivity contribution in [2.24, 2.45) is 0 Å². The Bertz CT molecular complexity index is 1030. The second kappa shape index (κ2) is 9.65. The number of aliphatic hydroxyl groups excluding tert-OH is 1. The standard InChI is InChI=1S/C22H22ClFN4O2/c1-13(2)27-22-26-11-18(24)20(28-22)14-6-8-15(9-7-14)21(30)25-12-19(29)16-4-3-5-17(23)10-16/h3-11,13,19,29H,12H2,1-2H3,(H,25,30)(H,26,27,28). The fraction of sp³-hybridized carbons (Fsp3) is 0.227. The number of nitrogens with zero attached hydrogens (tertiary/aromatic N) is 2. The fourth-order valence-electron chi connectivity index (χ4n) is 2.80. The monoisotopic (exact) mass is 428 g/mol. The summed E-state index contributed by atoms with van der Waals surface area (Å²) in [7, 11) is 0. The highest BCUT2D eigenvalue weighted by atomic mass is 35.5. The van der Waals surface area contributed by atoms with Crippen molar-refractivity contribution >= 4 is 23.5 Å². The van der Waals surface area contributed by atoms with Gasteiger partial charge >= 0.3 is 0 Å². The molecular formula is C22H22ClFN4O2. The van der Waals surface area contributed by atoms with Crippen LogP contribution in [0.3, 0.4) is 0 Å². The Hall–Kier alpha value is -3.03. The second-order valence-corrected chi connectivity index (χ2v) is 7.48. The number of benzene rings is 2. The lowest BCUT2D eigenvalue weighted by Gasteiger charge is -2.13. The molecule has 1 unspecified atom stereocenters. The number of hydrogen-bond donors (Lipinski definition) is 3. The molecule has 6 nitrogen and oxygen atoms in total. The van der Waals surface area contributed by atoms with Crippen molar-refractivity contribution in [1.82, 2.24) is 15.3 Å². The van der Waals surface area contributed by atoms with Crippen LogP contribution in [0.5, 0.6) is 0 Å². The van der Waals surface area contributed by atoms with Crippen LogP contribution >= 0.6 is 11.6 Å². The van der Waals surface area contributed by atoms with Gasteiger partial charge in [0.2, 0.25) is 5.95 Å². The van der Waals surface area contributed by atoms with E-state index in [9.17, 15) is 14.3 Å². The summed E-state index contributed by atoms with van der Waals surface area (Å²) in [4.78, 5) is 20.5. The zero-order valence-electron chi connectivity index (χ0n) is 16.6. The van der Waals surface area contributed by atoms with Crippen molar-refractivity contribution in [3.8, 4) is 11.3 Å². The zero-order chi connectivity index (χ0) is 21.7. The van der Waals surface area contributed by atoms with Crippen molar-refractivity contribution in [2.45, 2.75) is 26.0 Å². The van der Waals surface area contributed by atoms with Crippen molar-refractivity contribution in [3.63, 3.8) is 0 Å². The van der Waals surface area contributed by atoms with Gasteiger partial charge in [-0.05, 0) is 43.7 Å². The van der Waals surface area contributed by atoms with E-state index in [0.717, 1.165) is 6.20 Å². The molecule has 1 amide bonds. The van der Waals surface area contributed by atoms with Crippen molar-refractivity contribution in [3.05, 3.63) is 76.7 Å². The molecule has 30 heavy (non-hydrogen) atoms. The molecule has 156 valence electrons. The molecule has 3 N–H and O–H groups in total. The first-order chi connectivity index (χ1) is 14.3. The Morgan fingerprint density at radius 1 is 1.20 bits per heavy atom. The Balaban J connectivity index is 1.67. The van der Waals surface area contributed by atoms with Crippen LogP contribution in [0.25, 0.3) is 11.3 Å². The highest BCUT2D eigenvalue weighted by Crippen LogP contribution is 2.22. The summed E-state index contributed by atoms with van der Waals surface area (Å²) >= 11 is 5.92. The number of anilines is 1. The third-order valence-corrected chi connectivity index (χ3v) is 4.51. The number of amides is 1. The van der Waals surface area contributed by atoms with E-state index in [0.29, 0.717) is 27.7 Å². The molecule has 1 heterocycles. The summed E-state index contributed by atoms with van der Waals surface area (Å²) in [5, 5.41) is 16.4. The van der Waals surface area contributed by atoms with Crippen LogP contribution in [0.4, 0.5) is 10.3 Å². The van der Waals surface area contributed by atoms with Gasteiger partial charge in [0.25, 0.3) is 5.91 Å². The Morgan fingerprint density at radius 3 is 2.60 bits per heavy atom. The van der Waals surface area contributed by atoms with Crippen LogP contribution in [0, 0.1) is 5.82 Å². The number of aliphatic hydroxyl groups is 1. The predicted molar refractivity (Wildman–Crippen MR) is 115 cm³/mol. The minimum atomic E-state index is -0.881. The highest BCUT2D eigenvalue weighted by Gasteiger charge is 2.14. The summed E-state index contributed by atoms with van der Waals surface area (Å²) in [5.41, 5.74) is 1.67. The van der Waals surface area contributed by atoms with E-state index >= 15 is 0 Å². The molecule has 1 atom stereocenters. The Morgan fingerprint density at radius 2 is 1.93 bits per heavy atom. The molecular weight excluding hydrogens is 407 g/mol. The molecule has 1 aromatic heterocycles. The van der Waals surface area contributed by atoms with Crippen LogP contribution in [-0.2, 0) is 0 Å². The van der Waals surface area contributed by atoms with Gasteiger partial charge < -0.3 is 15.7 Å². The van der Waals surface area contributed by atoms with Gasteiger partial charge in [-0.1, -0.05) is 35.9 Å². The van der Waals surface area contributed by atoms with Gasteiger partial charge in [0, 0.05) is 28.7 Å². The first-order valence-electron chi connectivity index (χ1n) is 9.44. The molecule has 0 saturated carbocycles. The summed E-state index contributed by atoms with van der Waals surface area (Å²) < 4.78 is 14.2. The number of halogens is 2. The van der Waals surface area contributed by atoms with Crippen LogP contribution < -0.4 is 10.6 Å². The first kappa shape index (κ1) is 21.7. The maximum absolute atomic E-state index is 14.2. The van der Waals surface area contributed by atoms with Crippen LogP contribution in [-0.4, -0.2) is 33.6 Å². The van der Waals surface area contributed by atoms with Crippen LogP contribution in [0.2, 0.25) is 5.02 Å². The summed E-state index contributed by atoms with van der Waals surface area (Å²) in [6.07, 6.45) is 0.235. The molecule has 0 aliphatic carbocycles. The molecule has 8 heteroatoms. The second-order valence-electron chi connectivity index (χ2n) is 7.05. The van der Waals surface area contributed by atoms with Crippen molar-refractivity contribution in [2.75, 3.05) is 11.9 Å². The van der Waals surface area contributed by atoms with Crippen molar-refractivity contribution < 1.29 is 14.3 Å². The smallest absolute Gasteiger partial charge is 0.251 e. The van der Waals surface area contributed by atoms with Gasteiger partial charge in [-0.25, -0.2) is 14.4 Å². The van der Waals surface area contributed by atoms with E-state index in [2.05, 4.69) is 20.6 Å². The van der Waals surface area contributed by atoms with Crippen LogP contribution in [0.1, 0.15) is 35.9 Å². The van der Waals surface area contributed by atoms with E-state index in [1.54, 1.807) is 48.5 Å². The minimum absolute atomic E-state index is 0.0334. The summed E-state index contributed by atoms with van der Waals surface area (Å²) in [6, 6.07) is 13.3. The lowest BCUT2D eigenvalue weighted by atomic mass is 10.1. The van der Waals surface area contributed by atoms with Gasteiger partial charge in [-0.15, -0.1) is 0 Å². The average molecular weight is 429 g/mol. The minimum Gasteiger partial charge on any atom is -0.387 e. The highest BCUT2D eigenvalue weighted by molar-refractivity contribution is 6.30. The van der Waals surface area contributed by atoms with E-state index in [-0.39, 0.29) is 24.2 Å². The average Bonchev–Trinajstić information content (AvgIpc) is 2.73. The molecule has 0 radical (unpaired) electrons. The summed E-state index contributed by atoms with van der Waals surface area (Å²) in [6.45, 7) is 3.90. The molecule has 0 aliphatic heterocycles. The predicted octanol–water partition coefficient (Wildman–Crippen LogP) is 4.22. The maximum atomic E-state index is 14.2. The van der Waals surface area contributed by atoms with Gasteiger partial charge in [0.05, 0.1) is 12.3 Å². The lowest BCUT2D eigenvalue weighted by molar-refractivity contribution is 0.0916. The van der Waals surface area contributed by atoms with Gasteiger partial charge in [0.1, 0.15) is 5.69 Å². The summed E-state index contributed by atoms with van der Waals surface area (Å²) in [5.74, 6) is -0.572. The van der Waals surface area contributed by atoms with Gasteiger partial charge in [-0.3, -0.25) is 4.79 Å². The van der Waals surface area contributed by atoms with E-state index in [1.807, 2.05) is 13.8 Å². The Labute approximate surface area is 179 Å². The molecule has 0 aliphatic rings. The number of aromatic nitrogens is 2. The SMILES string of the molecule is CC(C)Nc1ncc(F)c(-c2ccc(C(=O)NCC(O)c3cccc(Cl)c3)cc2)n1. The molecule has 2 aromatic carbocycles. The Kier molecular flexibility index (Phi) is 6.97. The lowest BCUT2D eigenvalue weighted by Crippen LogP contribution is -2.28. The molecule has 3 aromatic rings. The molecule has 0 bridgehead atoms. The van der Waals surface area contributed by atoms with Gasteiger partial charge in [0.15, 0.2) is 5.82 Å². The molecule has 0 spiro atoms. The van der Waals surface area contributed by atoms with E-state index in [1.165, 1.54) is 0 Å². The number of carbonyl (C=O) groups is 1. The quantitative estimate of drug-likeness (QED) is 0.524. The van der Waals surface area contributed by atoms with E-state index in [4.69, 9.17) is 11.6 Å². The molecule has 3 rings (SSSR count).